The number of aromatic nitrogens is 2. The second-order valence-electron chi connectivity index (χ2n) is 6.63. The maximum atomic E-state index is 13.5. The summed E-state index contributed by atoms with van der Waals surface area (Å²) in [6.45, 7) is 0. The number of oxazole rings is 1. The molecule has 0 radical (unpaired) electrons. The second kappa shape index (κ2) is 7.72. The molecule has 0 N–H and O–H groups in total. The molecule has 4 rings (SSSR count). The topological polar surface area (TPSA) is 48.0 Å². The molecule has 0 saturated carbocycles. The largest absolute Gasteiger partial charge is 0.412 e. The van der Waals surface area contributed by atoms with E-state index in [1.54, 1.807) is 13.1 Å². The molecule has 0 aliphatic heterocycles. The quantitative estimate of drug-likeness (QED) is 0.497. The fourth-order valence-electron chi connectivity index (χ4n) is 3.06. The van der Waals surface area contributed by atoms with Crippen molar-refractivity contribution in [3.05, 3.63) is 99.2 Å². The molecule has 0 amide bonds. The molecule has 0 spiro atoms. The van der Waals surface area contributed by atoms with Crippen molar-refractivity contribution in [3.63, 3.8) is 0 Å². The summed E-state index contributed by atoms with van der Waals surface area (Å²) >= 11 is 0. The fourth-order valence-corrected chi connectivity index (χ4v) is 3.06. The highest BCUT2D eigenvalue weighted by atomic mass is 19.2. The Morgan fingerprint density at radius 3 is 2.59 bits per heavy atom. The first-order chi connectivity index (χ1) is 14.0. The van der Waals surface area contributed by atoms with Crippen LogP contribution >= 0.6 is 0 Å². The zero-order chi connectivity index (χ0) is 20.4. The van der Waals surface area contributed by atoms with Crippen LogP contribution < -0.4 is 5.56 Å². The van der Waals surface area contributed by atoms with Gasteiger partial charge in [-0.05, 0) is 35.2 Å². The summed E-state index contributed by atoms with van der Waals surface area (Å²) in [7, 11) is 1.58. The van der Waals surface area contributed by atoms with Crippen LogP contribution in [0.25, 0.3) is 11.2 Å². The van der Waals surface area contributed by atoms with Crippen LogP contribution in [-0.2, 0) is 19.9 Å². The maximum absolute atomic E-state index is 13.5. The Labute approximate surface area is 165 Å². The van der Waals surface area contributed by atoms with Crippen molar-refractivity contribution < 1.29 is 13.2 Å². The zero-order valence-electron chi connectivity index (χ0n) is 15.6. The first-order valence-corrected chi connectivity index (χ1v) is 8.97. The Bertz CT molecular complexity index is 1310. The molecule has 29 heavy (non-hydrogen) atoms. The number of halogens is 2. The minimum atomic E-state index is -0.946. The number of rotatable bonds is 3. The Hall–Kier alpha value is -3.72. The summed E-state index contributed by atoms with van der Waals surface area (Å²) in [5, 5.41) is 0. The van der Waals surface area contributed by atoms with Crippen molar-refractivity contribution in [2.24, 2.45) is 7.05 Å². The normalized spacial score (nSPS) is 10.7. The molecule has 0 fully saturated rings. The van der Waals surface area contributed by atoms with E-state index in [2.05, 4.69) is 16.8 Å². The van der Waals surface area contributed by atoms with Crippen LogP contribution in [0.1, 0.15) is 22.6 Å². The van der Waals surface area contributed by atoms with Crippen LogP contribution in [0.15, 0.2) is 63.8 Å². The van der Waals surface area contributed by atoms with Crippen molar-refractivity contribution in [2.75, 3.05) is 0 Å². The smallest absolute Gasteiger partial charge is 0.275 e. The summed E-state index contributed by atoms with van der Waals surface area (Å²) in [5.41, 5.74) is 2.48. The monoisotopic (exact) mass is 390 g/mol. The van der Waals surface area contributed by atoms with Gasteiger partial charge in [0, 0.05) is 25.5 Å². The van der Waals surface area contributed by atoms with Crippen molar-refractivity contribution in [3.8, 4) is 11.8 Å². The van der Waals surface area contributed by atoms with Gasteiger partial charge in [-0.25, -0.2) is 8.78 Å². The Balaban J connectivity index is 1.64. The van der Waals surface area contributed by atoms with Gasteiger partial charge in [0.1, 0.15) is 5.52 Å². The molecule has 0 saturated heterocycles. The van der Waals surface area contributed by atoms with E-state index in [1.165, 1.54) is 10.6 Å². The molecule has 0 atom stereocenters. The van der Waals surface area contributed by atoms with Crippen LogP contribution in [0.4, 0.5) is 8.78 Å². The van der Waals surface area contributed by atoms with Gasteiger partial charge in [-0.1, -0.05) is 42.3 Å². The minimum absolute atomic E-state index is 0.154. The third-order valence-electron chi connectivity index (χ3n) is 4.54. The van der Waals surface area contributed by atoms with E-state index in [4.69, 9.17) is 4.42 Å². The van der Waals surface area contributed by atoms with Gasteiger partial charge in [0.05, 0.1) is 0 Å². The second-order valence-corrected chi connectivity index (χ2v) is 6.63. The number of hydrogen-bond acceptors (Lipinski definition) is 3. The number of aryl methyl sites for hydroxylation is 1. The molecular formula is C23H16F2N2O2. The average molecular weight is 390 g/mol. The lowest BCUT2D eigenvalue weighted by molar-refractivity contribution is 0.507. The van der Waals surface area contributed by atoms with Gasteiger partial charge >= 0.3 is 0 Å². The highest BCUT2D eigenvalue weighted by Gasteiger charge is 2.14. The summed E-state index contributed by atoms with van der Waals surface area (Å²) in [6.07, 6.45) is 0.710. The third-order valence-corrected chi connectivity index (χ3v) is 4.54. The van der Waals surface area contributed by atoms with Crippen LogP contribution in [-0.4, -0.2) is 9.55 Å². The number of fused-ring (bicyclic) bond motifs is 1. The van der Waals surface area contributed by atoms with E-state index in [9.17, 15) is 13.6 Å². The number of benzene rings is 2. The van der Waals surface area contributed by atoms with Crippen molar-refractivity contribution >= 4 is 11.2 Å². The molecule has 0 bridgehead atoms. The molecule has 6 heteroatoms. The fraction of sp³-hybridized carbons (Fsp3) is 0.130. The van der Waals surface area contributed by atoms with E-state index in [0.29, 0.717) is 28.8 Å². The van der Waals surface area contributed by atoms with Gasteiger partial charge in [0.2, 0.25) is 5.71 Å². The number of pyridine rings is 1. The third kappa shape index (κ3) is 3.94. The highest BCUT2D eigenvalue weighted by Crippen LogP contribution is 2.17. The molecule has 0 aliphatic carbocycles. The lowest BCUT2D eigenvalue weighted by Crippen LogP contribution is -2.21. The Kier molecular flexibility index (Phi) is 4.96. The predicted molar refractivity (Wildman–Crippen MR) is 105 cm³/mol. The molecule has 2 aromatic carbocycles. The van der Waals surface area contributed by atoms with Crippen LogP contribution in [0.3, 0.4) is 0 Å². The predicted octanol–water partition coefficient (Wildman–Crippen LogP) is 3.99. The van der Waals surface area contributed by atoms with Crippen molar-refractivity contribution in [1.29, 1.82) is 0 Å². The van der Waals surface area contributed by atoms with Gasteiger partial charge in [-0.2, -0.15) is 4.98 Å². The Morgan fingerprint density at radius 1 is 1.03 bits per heavy atom. The van der Waals surface area contributed by atoms with Gasteiger partial charge in [0.25, 0.3) is 11.4 Å². The first kappa shape index (κ1) is 18.6. The lowest BCUT2D eigenvalue weighted by atomic mass is 10.1. The average Bonchev–Trinajstić information content (AvgIpc) is 3.12. The van der Waals surface area contributed by atoms with E-state index < -0.39 is 11.6 Å². The molecule has 0 unspecified atom stereocenters. The standard InChI is InChI=1S/C23H16F2N2O2/c1-27-22(28)17(12-16-10-11-18(24)19(25)13-16)14-20-23(27)29-21(26-20)9-5-8-15-6-3-2-4-7-15/h2-4,6-7,10-11,13-14H,8,12H2,1H3. The van der Waals surface area contributed by atoms with Gasteiger partial charge in [-0.3, -0.25) is 9.36 Å². The van der Waals surface area contributed by atoms with Crippen molar-refractivity contribution in [2.45, 2.75) is 12.8 Å². The van der Waals surface area contributed by atoms with Crippen LogP contribution in [0.5, 0.6) is 0 Å². The lowest BCUT2D eigenvalue weighted by Gasteiger charge is -2.05. The Morgan fingerprint density at radius 2 is 1.83 bits per heavy atom. The molecule has 0 aliphatic rings. The van der Waals surface area contributed by atoms with Gasteiger partial charge < -0.3 is 4.42 Å². The summed E-state index contributed by atoms with van der Waals surface area (Å²) in [4.78, 5) is 17.0. The summed E-state index contributed by atoms with van der Waals surface area (Å²) in [5.74, 6) is 4.23. The molecule has 2 heterocycles. The maximum Gasteiger partial charge on any atom is 0.275 e. The molecule has 2 aromatic heterocycles. The highest BCUT2D eigenvalue weighted by molar-refractivity contribution is 5.70. The van der Waals surface area contributed by atoms with Crippen LogP contribution in [0, 0.1) is 23.5 Å². The van der Waals surface area contributed by atoms with Crippen LogP contribution in [0.2, 0.25) is 0 Å². The molecule has 144 valence electrons. The molecular weight excluding hydrogens is 374 g/mol. The minimum Gasteiger partial charge on any atom is -0.412 e. The van der Waals surface area contributed by atoms with Crippen molar-refractivity contribution in [1.82, 2.24) is 9.55 Å². The first-order valence-electron chi connectivity index (χ1n) is 8.97. The zero-order valence-corrected chi connectivity index (χ0v) is 15.6. The van der Waals surface area contributed by atoms with E-state index in [-0.39, 0.29) is 17.9 Å². The summed E-state index contributed by atoms with van der Waals surface area (Å²) in [6, 6.07) is 15.0. The SMILES string of the molecule is Cn1c(=O)c(Cc2ccc(F)c(F)c2)cc2nc(C#CCc3ccccc3)oc21. The van der Waals surface area contributed by atoms with E-state index in [0.717, 1.165) is 17.7 Å². The molecule has 4 aromatic rings. The van der Waals surface area contributed by atoms with E-state index >= 15 is 0 Å². The summed E-state index contributed by atoms with van der Waals surface area (Å²) < 4.78 is 33.6. The van der Waals surface area contributed by atoms with E-state index in [1.807, 2.05) is 30.3 Å². The van der Waals surface area contributed by atoms with Gasteiger partial charge in [0.15, 0.2) is 11.6 Å². The van der Waals surface area contributed by atoms with Gasteiger partial charge in [-0.15, -0.1) is 0 Å². The number of nitrogens with zero attached hydrogens (tertiary/aromatic N) is 2. The molecule has 4 nitrogen and oxygen atoms in total. The number of hydrogen-bond donors (Lipinski definition) is 0.